The van der Waals surface area contributed by atoms with Gasteiger partial charge in [0.1, 0.15) is 5.82 Å². The Bertz CT molecular complexity index is 1060. The third-order valence-corrected chi connectivity index (χ3v) is 6.34. The summed E-state index contributed by atoms with van der Waals surface area (Å²) >= 11 is 7.86. The summed E-state index contributed by atoms with van der Waals surface area (Å²) in [6.45, 7) is 4.99. The Morgan fingerprint density at radius 1 is 1.13 bits per heavy atom. The van der Waals surface area contributed by atoms with Crippen LogP contribution in [0, 0.1) is 19.7 Å². The van der Waals surface area contributed by atoms with Crippen molar-refractivity contribution in [3.8, 4) is 0 Å². The van der Waals surface area contributed by atoms with Crippen LogP contribution in [0.4, 0.5) is 4.39 Å². The van der Waals surface area contributed by atoms with Gasteiger partial charge in [-0.15, -0.1) is 11.8 Å². The molecule has 0 aliphatic carbocycles. The van der Waals surface area contributed by atoms with Gasteiger partial charge in [0.2, 0.25) is 0 Å². The molecule has 1 heterocycles. The number of hydrogen-bond donors (Lipinski definition) is 1. The van der Waals surface area contributed by atoms with Crippen LogP contribution in [0.1, 0.15) is 38.4 Å². The maximum atomic E-state index is 13.4. The van der Waals surface area contributed by atoms with Crippen molar-refractivity contribution in [1.82, 2.24) is 9.88 Å². The van der Waals surface area contributed by atoms with Gasteiger partial charge in [0.05, 0.1) is 5.97 Å². The van der Waals surface area contributed by atoms with Crippen LogP contribution in [0.2, 0.25) is 5.02 Å². The van der Waals surface area contributed by atoms with Crippen LogP contribution in [0.5, 0.6) is 0 Å². The number of aromatic carboxylic acids is 1. The number of nitrogens with one attached hydrogen (secondary N) is 1. The first-order chi connectivity index (χ1) is 14.3. The minimum Gasteiger partial charge on any atom is -0.545 e. The lowest BCUT2D eigenvalue weighted by Crippen LogP contribution is -2.25. The lowest BCUT2D eigenvalue weighted by atomic mass is 10.1. The number of carboxylic acid groups (broad SMARTS) is 1. The molecule has 0 unspecified atom stereocenters. The molecule has 0 saturated heterocycles. The molecule has 0 radical (unpaired) electrons. The van der Waals surface area contributed by atoms with E-state index in [1.807, 2.05) is 17.7 Å². The zero-order chi connectivity index (χ0) is 21.8. The summed E-state index contributed by atoms with van der Waals surface area (Å²) in [5, 5.41) is 15.5. The smallest absolute Gasteiger partial charge is 0.124 e. The molecule has 1 N–H and O–H groups in total. The van der Waals surface area contributed by atoms with Gasteiger partial charge in [-0.2, -0.15) is 0 Å². The first-order valence-corrected chi connectivity index (χ1v) is 11.1. The summed E-state index contributed by atoms with van der Waals surface area (Å²) < 4.78 is 15.2. The molecule has 0 fully saturated rings. The largest absolute Gasteiger partial charge is 0.545 e. The number of thioether (sulfide) groups is 1. The fraction of sp³-hybridized carbons (Fsp3) is 0.261. The van der Waals surface area contributed by atoms with Gasteiger partial charge in [0, 0.05) is 46.5 Å². The first-order valence-electron chi connectivity index (χ1n) is 9.49. The van der Waals surface area contributed by atoms with Crippen molar-refractivity contribution in [3.63, 3.8) is 0 Å². The van der Waals surface area contributed by atoms with Gasteiger partial charge in [0.15, 0.2) is 0 Å². The highest BCUT2D eigenvalue weighted by Crippen LogP contribution is 2.26. The van der Waals surface area contributed by atoms with E-state index >= 15 is 0 Å². The Morgan fingerprint density at radius 2 is 1.83 bits per heavy atom. The Labute approximate surface area is 185 Å². The summed E-state index contributed by atoms with van der Waals surface area (Å²) in [7, 11) is 0. The van der Waals surface area contributed by atoms with Gasteiger partial charge in [-0.25, -0.2) is 4.39 Å². The van der Waals surface area contributed by atoms with Gasteiger partial charge in [-0.3, -0.25) is 0 Å². The highest BCUT2D eigenvalue weighted by molar-refractivity contribution is 7.98. The molecule has 3 aromatic rings. The third-order valence-electron chi connectivity index (χ3n) is 5.25. The van der Waals surface area contributed by atoms with Crippen LogP contribution in [-0.4, -0.2) is 16.8 Å². The lowest BCUT2D eigenvalue weighted by Gasteiger charge is -2.12. The van der Waals surface area contributed by atoms with Crippen LogP contribution in [0.25, 0.3) is 0 Å². The van der Waals surface area contributed by atoms with E-state index in [4.69, 9.17) is 11.6 Å². The van der Waals surface area contributed by atoms with E-state index in [1.54, 1.807) is 24.8 Å². The van der Waals surface area contributed by atoms with Crippen LogP contribution in [0.15, 0.2) is 47.4 Å². The molecule has 7 heteroatoms. The van der Waals surface area contributed by atoms with Crippen molar-refractivity contribution in [1.29, 1.82) is 0 Å². The standard InChI is InChI=1S/C23H24ClFN2O2S/c1-14-20(12-26-11-16-4-8-19(30-3)9-5-16)22(23(28)29)15(2)27(14)13-17-6-7-18(25)10-21(17)24/h4-10,26H,11-13H2,1-3H3,(H,28,29)/p-1. The number of carbonyl (C=O) groups excluding carboxylic acids is 1. The molecular weight excluding hydrogens is 423 g/mol. The maximum absolute atomic E-state index is 13.4. The molecule has 158 valence electrons. The maximum Gasteiger partial charge on any atom is 0.124 e. The van der Waals surface area contributed by atoms with Crippen LogP contribution < -0.4 is 10.4 Å². The molecule has 30 heavy (non-hydrogen) atoms. The molecule has 0 amide bonds. The number of aromatic nitrogens is 1. The number of rotatable bonds is 8. The predicted molar refractivity (Wildman–Crippen MR) is 118 cm³/mol. The monoisotopic (exact) mass is 445 g/mol. The van der Waals surface area contributed by atoms with Crippen molar-refractivity contribution in [3.05, 3.63) is 86.9 Å². The molecule has 0 bridgehead atoms. The van der Waals surface area contributed by atoms with Crippen molar-refractivity contribution >= 4 is 29.3 Å². The molecule has 0 atom stereocenters. The van der Waals surface area contributed by atoms with E-state index in [2.05, 4.69) is 29.6 Å². The fourth-order valence-electron chi connectivity index (χ4n) is 3.57. The topological polar surface area (TPSA) is 57.1 Å². The average molecular weight is 446 g/mol. The Hall–Kier alpha value is -2.28. The molecule has 0 saturated carbocycles. The van der Waals surface area contributed by atoms with E-state index < -0.39 is 11.8 Å². The van der Waals surface area contributed by atoms with E-state index in [0.717, 1.165) is 16.8 Å². The second-order valence-corrected chi connectivity index (χ2v) is 8.37. The zero-order valence-corrected chi connectivity index (χ0v) is 18.7. The molecular formula is C23H23ClFN2O2S-. The summed E-state index contributed by atoms with van der Waals surface area (Å²) in [5.41, 5.74) is 4.13. The van der Waals surface area contributed by atoms with Crippen LogP contribution in [0.3, 0.4) is 0 Å². The van der Waals surface area contributed by atoms with Crippen LogP contribution in [-0.2, 0) is 19.6 Å². The number of nitrogens with zero attached hydrogens (tertiary/aromatic N) is 1. The summed E-state index contributed by atoms with van der Waals surface area (Å²) in [5.74, 6) is -1.61. The first kappa shape index (κ1) is 22.4. The molecule has 0 aliphatic rings. The summed E-state index contributed by atoms with van der Waals surface area (Å²) in [6, 6.07) is 12.5. The molecule has 0 aliphatic heterocycles. The number of carbonyl (C=O) groups is 1. The van der Waals surface area contributed by atoms with Crippen molar-refractivity contribution in [2.45, 2.75) is 38.4 Å². The van der Waals surface area contributed by atoms with E-state index in [-0.39, 0.29) is 5.56 Å². The molecule has 2 aromatic carbocycles. The van der Waals surface area contributed by atoms with Gasteiger partial charge in [-0.1, -0.05) is 29.8 Å². The zero-order valence-electron chi connectivity index (χ0n) is 17.1. The van der Waals surface area contributed by atoms with Crippen LogP contribution >= 0.6 is 23.4 Å². The van der Waals surface area contributed by atoms with E-state index in [0.29, 0.717) is 35.9 Å². The molecule has 4 nitrogen and oxygen atoms in total. The average Bonchev–Trinajstić information content (AvgIpc) is 2.94. The number of carboxylic acids is 1. The SMILES string of the molecule is CSc1ccc(CNCc2c(C(=O)[O-])c(C)n(Cc3ccc(F)cc3Cl)c2C)cc1. The Balaban J connectivity index is 1.82. The molecule has 3 rings (SSSR count). The number of halogens is 2. The summed E-state index contributed by atoms with van der Waals surface area (Å²) in [6.07, 6.45) is 2.03. The predicted octanol–water partition coefficient (Wildman–Crippen LogP) is 4.32. The minimum atomic E-state index is -1.21. The Kier molecular flexibility index (Phi) is 7.23. The lowest BCUT2D eigenvalue weighted by molar-refractivity contribution is -0.255. The molecule has 0 spiro atoms. The minimum absolute atomic E-state index is 0.191. The normalized spacial score (nSPS) is 11.1. The highest BCUT2D eigenvalue weighted by Gasteiger charge is 2.19. The highest BCUT2D eigenvalue weighted by atomic mass is 35.5. The fourth-order valence-corrected chi connectivity index (χ4v) is 4.20. The number of hydrogen-bond acceptors (Lipinski definition) is 4. The number of benzene rings is 2. The van der Waals surface area contributed by atoms with Crippen molar-refractivity contribution in [2.24, 2.45) is 0 Å². The quantitative estimate of drug-likeness (QED) is 0.524. The van der Waals surface area contributed by atoms with Crippen molar-refractivity contribution in [2.75, 3.05) is 6.26 Å². The molecule has 1 aromatic heterocycles. The van der Waals surface area contributed by atoms with Gasteiger partial charge in [0.25, 0.3) is 0 Å². The van der Waals surface area contributed by atoms with E-state index in [9.17, 15) is 14.3 Å². The Morgan fingerprint density at radius 3 is 2.43 bits per heavy atom. The third kappa shape index (κ3) is 4.89. The van der Waals surface area contributed by atoms with Gasteiger partial charge >= 0.3 is 0 Å². The van der Waals surface area contributed by atoms with Gasteiger partial charge < -0.3 is 19.8 Å². The second kappa shape index (κ2) is 9.69. The summed E-state index contributed by atoms with van der Waals surface area (Å²) in [4.78, 5) is 13.0. The van der Waals surface area contributed by atoms with E-state index in [1.165, 1.54) is 17.0 Å². The van der Waals surface area contributed by atoms with Crippen molar-refractivity contribution < 1.29 is 14.3 Å². The van der Waals surface area contributed by atoms with Gasteiger partial charge in [-0.05, 0) is 61.1 Å². The second-order valence-electron chi connectivity index (χ2n) is 7.09.